The van der Waals surface area contributed by atoms with Gasteiger partial charge in [0.15, 0.2) is 0 Å². The van der Waals surface area contributed by atoms with Crippen LogP contribution in [0, 0.1) is 0 Å². The van der Waals surface area contributed by atoms with E-state index in [4.69, 9.17) is 0 Å². The third-order valence-corrected chi connectivity index (χ3v) is 1.43. The number of rotatable bonds is 2. The predicted octanol–water partition coefficient (Wildman–Crippen LogP) is 0.802. The monoisotopic (exact) mass is 156 g/mol. The zero-order valence-corrected chi connectivity index (χ0v) is 6.22. The Hall–Kier alpha value is -1.19. The van der Waals surface area contributed by atoms with Crippen molar-refractivity contribution in [3.8, 4) is 0 Å². The number of aryl methyl sites for hydroxylation is 1. The van der Waals surface area contributed by atoms with E-state index in [0.29, 0.717) is 12.0 Å². The standard InChI is InChI=1S/C7H9FN2O/c1-2-5-4-9-6(3-8)10-7(5)11/h4H,2-3H2,1H3,(H,9,10,11). The Bertz CT molecular complexity index is 295. The molecule has 3 nitrogen and oxygen atoms in total. The van der Waals surface area contributed by atoms with Crippen molar-refractivity contribution in [1.29, 1.82) is 0 Å². The minimum atomic E-state index is -0.723. The number of alkyl halides is 1. The summed E-state index contributed by atoms with van der Waals surface area (Å²) in [6.45, 7) is 1.13. The van der Waals surface area contributed by atoms with E-state index in [1.807, 2.05) is 6.92 Å². The lowest BCUT2D eigenvalue weighted by Gasteiger charge is -1.95. The summed E-state index contributed by atoms with van der Waals surface area (Å²) in [6, 6.07) is 0. The van der Waals surface area contributed by atoms with Gasteiger partial charge in [-0.1, -0.05) is 6.92 Å². The maximum Gasteiger partial charge on any atom is 0.254 e. The fourth-order valence-corrected chi connectivity index (χ4v) is 0.778. The molecule has 0 atom stereocenters. The molecule has 0 aliphatic heterocycles. The van der Waals surface area contributed by atoms with E-state index in [9.17, 15) is 9.18 Å². The highest BCUT2D eigenvalue weighted by atomic mass is 19.1. The molecule has 0 bridgehead atoms. The smallest absolute Gasteiger partial charge is 0.254 e. The molecule has 0 unspecified atom stereocenters. The number of nitrogens with one attached hydrogen (secondary N) is 1. The molecule has 1 N–H and O–H groups in total. The molecular formula is C7H9FN2O. The van der Waals surface area contributed by atoms with Crippen LogP contribution >= 0.6 is 0 Å². The van der Waals surface area contributed by atoms with Gasteiger partial charge in [0.1, 0.15) is 12.5 Å². The first kappa shape index (κ1) is 7.91. The van der Waals surface area contributed by atoms with Crippen LogP contribution in [0.15, 0.2) is 11.0 Å². The van der Waals surface area contributed by atoms with E-state index >= 15 is 0 Å². The number of nitrogens with zero attached hydrogens (tertiary/aromatic N) is 1. The van der Waals surface area contributed by atoms with Crippen molar-refractivity contribution >= 4 is 0 Å². The summed E-state index contributed by atoms with van der Waals surface area (Å²) in [5, 5.41) is 0. The highest BCUT2D eigenvalue weighted by molar-refractivity contribution is 5.04. The lowest BCUT2D eigenvalue weighted by atomic mass is 10.3. The average Bonchev–Trinajstić information content (AvgIpc) is 2.04. The Morgan fingerprint density at radius 1 is 1.73 bits per heavy atom. The van der Waals surface area contributed by atoms with Gasteiger partial charge in [-0.2, -0.15) is 0 Å². The Morgan fingerprint density at radius 3 is 2.91 bits per heavy atom. The second-order valence-electron chi connectivity index (χ2n) is 2.17. The number of hydrogen-bond acceptors (Lipinski definition) is 2. The SMILES string of the molecule is CCc1cnc(CF)[nH]c1=O. The van der Waals surface area contributed by atoms with Crippen LogP contribution in [-0.2, 0) is 13.1 Å². The van der Waals surface area contributed by atoms with Crippen LogP contribution in [0.1, 0.15) is 18.3 Å². The van der Waals surface area contributed by atoms with Gasteiger partial charge >= 0.3 is 0 Å². The molecule has 4 heteroatoms. The highest BCUT2D eigenvalue weighted by Crippen LogP contribution is 1.91. The van der Waals surface area contributed by atoms with Gasteiger partial charge < -0.3 is 4.98 Å². The average molecular weight is 156 g/mol. The fourth-order valence-electron chi connectivity index (χ4n) is 0.778. The summed E-state index contributed by atoms with van der Waals surface area (Å²) in [7, 11) is 0. The topological polar surface area (TPSA) is 45.8 Å². The molecule has 0 saturated carbocycles. The zero-order valence-electron chi connectivity index (χ0n) is 6.22. The second-order valence-corrected chi connectivity index (χ2v) is 2.17. The van der Waals surface area contributed by atoms with Crippen molar-refractivity contribution in [3.05, 3.63) is 27.9 Å². The molecule has 0 amide bonds. The molecule has 11 heavy (non-hydrogen) atoms. The summed E-state index contributed by atoms with van der Waals surface area (Å²) >= 11 is 0. The van der Waals surface area contributed by atoms with Crippen molar-refractivity contribution in [2.45, 2.75) is 20.0 Å². The normalized spacial score (nSPS) is 10.0. The van der Waals surface area contributed by atoms with Crippen LogP contribution < -0.4 is 5.56 Å². The molecule has 0 aliphatic rings. The number of hydrogen-bond donors (Lipinski definition) is 1. The lowest BCUT2D eigenvalue weighted by Crippen LogP contribution is -2.14. The maximum atomic E-state index is 11.9. The Morgan fingerprint density at radius 2 is 2.45 bits per heavy atom. The van der Waals surface area contributed by atoms with Gasteiger partial charge in [-0.15, -0.1) is 0 Å². The molecule has 1 aromatic heterocycles. The van der Waals surface area contributed by atoms with Gasteiger partial charge in [-0.25, -0.2) is 9.37 Å². The van der Waals surface area contributed by atoms with E-state index in [2.05, 4.69) is 9.97 Å². The zero-order chi connectivity index (χ0) is 8.27. The van der Waals surface area contributed by atoms with Gasteiger partial charge in [0.25, 0.3) is 5.56 Å². The van der Waals surface area contributed by atoms with E-state index in [0.717, 1.165) is 0 Å². The number of H-pyrrole nitrogens is 1. The summed E-state index contributed by atoms with van der Waals surface area (Å²) in [6.07, 6.45) is 2.03. The number of halogens is 1. The molecular weight excluding hydrogens is 147 g/mol. The maximum absolute atomic E-state index is 11.9. The fraction of sp³-hybridized carbons (Fsp3) is 0.429. The summed E-state index contributed by atoms with van der Waals surface area (Å²) < 4.78 is 11.9. The molecule has 1 heterocycles. The van der Waals surface area contributed by atoms with E-state index in [1.54, 1.807) is 0 Å². The molecule has 0 saturated heterocycles. The predicted molar refractivity (Wildman–Crippen MR) is 39.0 cm³/mol. The Balaban J connectivity index is 3.10. The highest BCUT2D eigenvalue weighted by Gasteiger charge is 1.98. The van der Waals surface area contributed by atoms with Gasteiger partial charge in [0, 0.05) is 11.8 Å². The first-order valence-corrected chi connectivity index (χ1v) is 3.41. The van der Waals surface area contributed by atoms with Gasteiger partial charge in [-0.3, -0.25) is 4.79 Å². The molecule has 0 aromatic carbocycles. The van der Waals surface area contributed by atoms with Crippen LogP contribution in [0.25, 0.3) is 0 Å². The number of aromatic amines is 1. The van der Waals surface area contributed by atoms with Crippen molar-refractivity contribution in [2.24, 2.45) is 0 Å². The lowest BCUT2D eigenvalue weighted by molar-refractivity contribution is 0.463. The largest absolute Gasteiger partial charge is 0.308 e. The van der Waals surface area contributed by atoms with Crippen molar-refractivity contribution < 1.29 is 4.39 Å². The molecule has 1 rings (SSSR count). The van der Waals surface area contributed by atoms with Crippen LogP contribution in [-0.4, -0.2) is 9.97 Å². The summed E-state index contributed by atoms with van der Waals surface area (Å²) in [5.41, 5.74) is 0.345. The molecule has 0 fully saturated rings. The minimum Gasteiger partial charge on any atom is -0.308 e. The molecule has 0 spiro atoms. The van der Waals surface area contributed by atoms with Gasteiger partial charge in [-0.05, 0) is 6.42 Å². The van der Waals surface area contributed by atoms with Crippen molar-refractivity contribution in [2.75, 3.05) is 0 Å². The Labute approximate surface area is 63.3 Å². The molecule has 60 valence electrons. The summed E-state index contributed by atoms with van der Waals surface area (Å²) in [5.74, 6) is 0.0900. The van der Waals surface area contributed by atoms with E-state index in [1.165, 1.54) is 6.20 Å². The quantitative estimate of drug-likeness (QED) is 0.688. The van der Waals surface area contributed by atoms with Gasteiger partial charge in [0.2, 0.25) is 0 Å². The van der Waals surface area contributed by atoms with Crippen LogP contribution in [0.4, 0.5) is 4.39 Å². The third-order valence-electron chi connectivity index (χ3n) is 1.43. The molecule has 1 aromatic rings. The number of aromatic nitrogens is 2. The van der Waals surface area contributed by atoms with Crippen LogP contribution in [0.5, 0.6) is 0 Å². The van der Waals surface area contributed by atoms with Crippen LogP contribution in [0.2, 0.25) is 0 Å². The summed E-state index contributed by atoms with van der Waals surface area (Å²) in [4.78, 5) is 17.0. The van der Waals surface area contributed by atoms with Crippen LogP contribution in [0.3, 0.4) is 0 Å². The minimum absolute atomic E-state index is 0.0900. The first-order chi connectivity index (χ1) is 5.27. The molecule has 0 radical (unpaired) electrons. The van der Waals surface area contributed by atoms with E-state index < -0.39 is 6.67 Å². The van der Waals surface area contributed by atoms with Crippen molar-refractivity contribution in [3.63, 3.8) is 0 Å². The second kappa shape index (κ2) is 3.27. The third kappa shape index (κ3) is 1.63. The van der Waals surface area contributed by atoms with Crippen molar-refractivity contribution in [1.82, 2.24) is 9.97 Å². The van der Waals surface area contributed by atoms with E-state index in [-0.39, 0.29) is 11.4 Å². The first-order valence-electron chi connectivity index (χ1n) is 3.41. The molecule has 0 aliphatic carbocycles. The van der Waals surface area contributed by atoms with Gasteiger partial charge in [0.05, 0.1) is 0 Å². The Kier molecular flexibility index (Phi) is 2.36.